The number of carbonyl (C=O) groups is 1. The first kappa shape index (κ1) is 19.5. The van der Waals surface area contributed by atoms with E-state index in [1.807, 2.05) is 32.0 Å². The number of amides is 1. The first-order valence-electron chi connectivity index (χ1n) is 8.50. The Bertz CT molecular complexity index is 1050. The molecule has 0 radical (unpaired) electrons. The van der Waals surface area contributed by atoms with E-state index >= 15 is 0 Å². The van der Waals surface area contributed by atoms with Gasteiger partial charge in [-0.15, -0.1) is 0 Å². The van der Waals surface area contributed by atoms with Crippen LogP contribution in [0, 0.1) is 31.3 Å². The van der Waals surface area contributed by atoms with Gasteiger partial charge in [0.05, 0.1) is 23.0 Å². The summed E-state index contributed by atoms with van der Waals surface area (Å²) in [6, 6.07) is 9.01. The summed E-state index contributed by atoms with van der Waals surface area (Å²) < 4.78 is 42.2. The summed E-state index contributed by atoms with van der Waals surface area (Å²) in [6.07, 6.45) is 0. The maximum atomic E-state index is 13.9. The van der Waals surface area contributed by atoms with Gasteiger partial charge in [0.1, 0.15) is 0 Å². The Balaban J connectivity index is 1.79. The Labute approximate surface area is 159 Å². The lowest BCUT2D eigenvalue weighted by Gasteiger charge is -2.16. The summed E-state index contributed by atoms with van der Waals surface area (Å²) in [5, 5.41) is 16.1. The number of nitrogens with one attached hydrogen (secondary N) is 1. The maximum absolute atomic E-state index is 13.9. The van der Waals surface area contributed by atoms with Crippen molar-refractivity contribution in [2.24, 2.45) is 0 Å². The zero-order valence-electron chi connectivity index (χ0n) is 15.4. The fourth-order valence-electron chi connectivity index (χ4n) is 2.91. The molecule has 5 nitrogen and oxygen atoms in total. The van der Waals surface area contributed by atoms with Crippen molar-refractivity contribution in [2.45, 2.75) is 26.8 Å². The number of halogens is 3. The normalized spacial score (nSPS) is 12.1. The van der Waals surface area contributed by atoms with E-state index in [1.165, 1.54) is 0 Å². The van der Waals surface area contributed by atoms with Crippen molar-refractivity contribution in [3.63, 3.8) is 0 Å². The summed E-state index contributed by atoms with van der Waals surface area (Å²) in [6.45, 7) is 5.49. The largest absolute Gasteiger partial charge is 0.503 e. The van der Waals surface area contributed by atoms with Crippen molar-refractivity contribution in [1.82, 2.24) is 15.1 Å². The fraction of sp³-hybridized carbons (Fsp3) is 0.200. The highest BCUT2D eigenvalue weighted by molar-refractivity contribution is 5.95. The Kier molecular flexibility index (Phi) is 5.13. The first-order valence-corrected chi connectivity index (χ1v) is 8.50. The Morgan fingerprint density at radius 2 is 1.75 bits per heavy atom. The highest BCUT2D eigenvalue weighted by atomic mass is 19.2. The molecule has 3 rings (SSSR count). The van der Waals surface area contributed by atoms with E-state index in [0.29, 0.717) is 11.6 Å². The SMILES string of the molecule is Cc1cc(C)n(-c2ccc(C(C)NC(=O)c3cc(F)c(F)c(O)c3F)cc2)n1. The zero-order chi connectivity index (χ0) is 20.6. The average Bonchev–Trinajstić information content (AvgIpc) is 3.01. The highest BCUT2D eigenvalue weighted by Crippen LogP contribution is 2.26. The first-order chi connectivity index (χ1) is 13.2. The molecule has 1 heterocycles. The number of benzene rings is 2. The molecule has 8 heteroatoms. The van der Waals surface area contributed by atoms with Gasteiger partial charge in [0, 0.05) is 5.69 Å². The molecular formula is C20H18F3N3O2. The predicted octanol–water partition coefficient (Wildman–Crippen LogP) is 4.10. The van der Waals surface area contributed by atoms with E-state index < -0.39 is 40.7 Å². The second-order valence-corrected chi connectivity index (χ2v) is 6.51. The number of rotatable bonds is 4. The van der Waals surface area contributed by atoms with Crippen molar-refractivity contribution < 1.29 is 23.1 Å². The predicted molar refractivity (Wildman–Crippen MR) is 96.9 cm³/mol. The quantitative estimate of drug-likeness (QED) is 0.660. The van der Waals surface area contributed by atoms with Crippen LogP contribution in [0.15, 0.2) is 36.4 Å². The van der Waals surface area contributed by atoms with Crippen LogP contribution in [0.3, 0.4) is 0 Å². The molecule has 1 unspecified atom stereocenters. The van der Waals surface area contributed by atoms with Crippen LogP contribution >= 0.6 is 0 Å². The number of aryl methyl sites for hydroxylation is 2. The topological polar surface area (TPSA) is 67.2 Å². The number of phenols is 1. The highest BCUT2D eigenvalue weighted by Gasteiger charge is 2.23. The number of aromatic hydroxyl groups is 1. The van der Waals surface area contributed by atoms with Crippen molar-refractivity contribution in [3.05, 3.63) is 76.4 Å². The van der Waals surface area contributed by atoms with E-state index in [0.717, 1.165) is 17.1 Å². The third kappa shape index (κ3) is 3.58. The van der Waals surface area contributed by atoms with Crippen LogP contribution in [0.1, 0.15) is 40.3 Å². The van der Waals surface area contributed by atoms with Crippen LogP contribution in [-0.4, -0.2) is 20.8 Å². The molecule has 1 amide bonds. The monoisotopic (exact) mass is 389 g/mol. The number of carbonyl (C=O) groups excluding carboxylic acids is 1. The molecular weight excluding hydrogens is 371 g/mol. The molecule has 146 valence electrons. The molecule has 0 bridgehead atoms. The van der Waals surface area contributed by atoms with Gasteiger partial charge in [-0.25, -0.2) is 13.5 Å². The van der Waals surface area contributed by atoms with Gasteiger partial charge in [-0.1, -0.05) is 12.1 Å². The third-order valence-electron chi connectivity index (χ3n) is 4.37. The Morgan fingerprint density at radius 1 is 1.11 bits per heavy atom. The lowest BCUT2D eigenvalue weighted by molar-refractivity contribution is 0.0934. The van der Waals surface area contributed by atoms with Crippen LogP contribution in [-0.2, 0) is 0 Å². The summed E-state index contributed by atoms with van der Waals surface area (Å²) in [5.41, 5.74) is 2.64. The molecule has 1 atom stereocenters. The van der Waals surface area contributed by atoms with Gasteiger partial charge in [0.15, 0.2) is 17.4 Å². The Morgan fingerprint density at radius 3 is 2.32 bits per heavy atom. The van der Waals surface area contributed by atoms with Crippen molar-refractivity contribution in [1.29, 1.82) is 0 Å². The van der Waals surface area contributed by atoms with E-state index in [4.69, 9.17) is 0 Å². The van der Waals surface area contributed by atoms with Gasteiger partial charge in [0.25, 0.3) is 5.91 Å². The lowest BCUT2D eigenvalue weighted by atomic mass is 10.1. The summed E-state index contributed by atoms with van der Waals surface area (Å²) in [7, 11) is 0. The zero-order valence-corrected chi connectivity index (χ0v) is 15.4. The van der Waals surface area contributed by atoms with E-state index in [2.05, 4.69) is 10.4 Å². The molecule has 0 spiro atoms. The minimum absolute atomic E-state index is 0.415. The molecule has 1 aromatic heterocycles. The molecule has 28 heavy (non-hydrogen) atoms. The smallest absolute Gasteiger partial charge is 0.254 e. The van der Waals surface area contributed by atoms with Gasteiger partial charge in [-0.05, 0) is 50.6 Å². The molecule has 0 aliphatic carbocycles. The number of aromatic nitrogens is 2. The van der Waals surface area contributed by atoms with E-state index in [-0.39, 0.29) is 0 Å². The van der Waals surface area contributed by atoms with Crippen molar-refractivity contribution >= 4 is 5.91 Å². The molecule has 3 aromatic rings. The molecule has 0 saturated carbocycles. The minimum Gasteiger partial charge on any atom is -0.503 e. The van der Waals surface area contributed by atoms with Crippen LogP contribution in [0.2, 0.25) is 0 Å². The van der Waals surface area contributed by atoms with Gasteiger partial charge in [-0.2, -0.15) is 9.49 Å². The van der Waals surface area contributed by atoms with Crippen LogP contribution in [0.5, 0.6) is 5.75 Å². The van der Waals surface area contributed by atoms with Crippen molar-refractivity contribution in [2.75, 3.05) is 0 Å². The molecule has 0 aliphatic rings. The van der Waals surface area contributed by atoms with Gasteiger partial charge in [0.2, 0.25) is 5.82 Å². The fourth-order valence-corrected chi connectivity index (χ4v) is 2.91. The Hall–Kier alpha value is -3.29. The summed E-state index contributed by atoms with van der Waals surface area (Å²) in [4.78, 5) is 12.2. The van der Waals surface area contributed by atoms with Gasteiger partial charge in [-0.3, -0.25) is 4.79 Å². The van der Waals surface area contributed by atoms with Gasteiger partial charge >= 0.3 is 0 Å². The third-order valence-corrected chi connectivity index (χ3v) is 4.37. The second kappa shape index (κ2) is 7.38. The molecule has 2 aromatic carbocycles. The number of hydrogen-bond donors (Lipinski definition) is 2. The second-order valence-electron chi connectivity index (χ2n) is 6.51. The minimum atomic E-state index is -1.73. The summed E-state index contributed by atoms with van der Waals surface area (Å²) >= 11 is 0. The summed E-state index contributed by atoms with van der Waals surface area (Å²) in [5.74, 6) is -7.25. The van der Waals surface area contributed by atoms with Crippen molar-refractivity contribution in [3.8, 4) is 11.4 Å². The molecule has 0 aliphatic heterocycles. The number of hydrogen-bond acceptors (Lipinski definition) is 3. The number of phenolic OH excluding ortho intramolecular Hbond substituents is 1. The standard InChI is InChI=1S/C20H18F3N3O2/c1-10-8-11(2)26(25-10)14-6-4-13(5-7-14)12(3)24-20(28)15-9-16(21)18(23)19(27)17(15)22/h4-9,12,27H,1-3H3,(H,24,28). The number of nitrogens with zero attached hydrogens (tertiary/aromatic N) is 2. The molecule has 2 N–H and O–H groups in total. The van der Waals surface area contributed by atoms with E-state index in [1.54, 1.807) is 23.7 Å². The van der Waals surface area contributed by atoms with Crippen LogP contribution < -0.4 is 5.32 Å². The van der Waals surface area contributed by atoms with E-state index in [9.17, 15) is 23.1 Å². The van der Waals surface area contributed by atoms with Gasteiger partial charge < -0.3 is 10.4 Å². The average molecular weight is 389 g/mol. The van der Waals surface area contributed by atoms with Crippen LogP contribution in [0.25, 0.3) is 5.69 Å². The molecule has 0 fully saturated rings. The molecule has 0 saturated heterocycles. The van der Waals surface area contributed by atoms with Crippen LogP contribution in [0.4, 0.5) is 13.2 Å². The maximum Gasteiger partial charge on any atom is 0.254 e. The lowest BCUT2D eigenvalue weighted by Crippen LogP contribution is -2.27.